The molecule has 0 unspecified atom stereocenters. The summed E-state index contributed by atoms with van der Waals surface area (Å²) in [5, 5.41) is 3.47. The van der Waals surface area contributed by atoms with Gasteiger partial charge in [-0.15, -0.1) is 0 Å². The fraction of sp³-hybridized carbons (Fsp3) is 0.393. The van der Waals surface area contributed by atoms with Crippen molar-refractivity contribution in [2.24, 2.45) is 0 Å². The van der Waals surface area contributed by atoms with E-state index in [9.17, 15) is 0 Å². The van der Waals surface area contributed by atoms with Gasteiger partial charge in [-0.25, -0.2) is 15.0 Å². The maximum absolute atomic E-state index is 5.89. The highest BCUT2D eigenvalue weighted by molar-refractivity contribution is 5.76. The summed E-state index contributed by atoms with van der Waals surface area (Å²) in [4.78, 5) is 16.3. The van der Waals surface area contributed by atoms with Crippen LogP contribution in [-0.2, 0) is 15.9 Å². The van der Waals surface area contributed by atoms with Gasteiger partial charge < -0.3 is 33.6 Å². The van der Waals surface area contributed by atoms with Gasteiger partial charge in [-0.1, -0.05) is 0 Å². The van der Waals surface area contributed by atoms with Crippen molar-refractivity contribution in [2.45, 2.75) is 31.5 Å². The molecule has 0 amide bonds. The zero-order valence-corrected chi connectivity index (χ0v) is 21.4. The van der Waals surface area contributed by atoms with Crippen LogP contribution in [0.5, 0.6) is 11.6 Å². The van der Waals surface area contributed by atoms with Crippen LogP contribution in [0.1, 0.15) is 24.8 Å². The number of hydrogen-bond donors (Lipinski definition) is 1. The molecule has 38 heavy (non-hydrogen) atoms. The van der Waals surface area contributed by atoms with Gasteiger partial charge >= 0.3 is 0 Å². The molecule has 196 valence electrons. The van der Waals surface area contributed by atoms with Crippen LogP contribution < -0.4 is 19.7 Å². The van der Waals surface area contributed by atoms with Gasteiger partial charge in [-0.05, 0) is 31.0 Å². The number of benzene rings is 1. The molecule has 1 N–H and O–H groups in total. The Bertz CT molecular complexity index is 1470. The molecule has 6 heterocycles. The van der Waals surface area contributed by atoms with Gasteiger partial charge in [0.15, 0.2) is 17.3 Å². The number of imidazole rings is 1. The molecule has 0 saturated carbocycles. The van der Waals surface area contributed by atoms with Crippen LogP contribution in [0.15, 0.2) is 49.1 Å². The van der Waals surface area contributed by atoms with E-state index in [2.05, 4.69) is 38.4 Å². The predicted molar refractivity (Wildman–Crippen MR) is 142 cm³/mol. The molecule has 3 aromatic heterocycles. The van der Waals surface area contributed by atoms with Crippen LogP contribution in [0.2, 0.25) is 0 Å². The van der Waals surface area contributed by atoms with Crippen LogP contribution in [0, 0.1) is 0 Å². The van der Waals surface area contributed by atoms with Crippen molar-refractivity contribution in [3.8, 4) is 22.9 Å². The quantitative estimate of drug-likeness (QED) is 0.420. The van der Waals surface area contributed by atoms with E-state index in [1.807, 2.05) is 29.1 Å². The number of hydrogen-bond acceptors (Lipinski definition) is 9. The first-order chi connectivity index (χ1) is 18.7. The smallest absolute Gasteiger partial charge is 0.216 e. The predicted octanol–water partition coefficient (Wildman–Crippen LogP) is 4.21. The van der Waals surface area contributed by atoms with Gasteiger partial charge in [0, 0.05) is 73.6 Å². The Hall–Kier alpha value is -3.89. The number of anilines is 3. The maximum Gasteiger partial charge on any atom is 0.216 e. The summed E-state index contributed by atoms with van der Waals surface area (Å²) in [6.07, 6.45) is 11.1. The van der Waals surface area contributed by atoms with Gasteiger partial charge in [-0.2, -0.15) is 0 Å². The number of ether oxygens (including phenoxy) is 4. The monoisotopic (exact) mass is 514 g/mol. The summed E-state index contributed by atoms with van der Waals surface area (Å²) < 4.78 is 25.2. The van der Waals surface area contributed by atoms with E-state index >= 15 is 0 Å². The molecule has 0 atom stereocenters. The number of fused-ring (bicyclic) bond motifs is 2. The number of pyridine rings is 1. The standard InChI is InChI=1S/C28H30N6O4/c1-35-24-16-21(4-5-23(24)33-9-6-28(7-10-33)37-13-14-38-28)31-25-26-29-8-11-34(26)18-22(32-25)20-15-19-3-2-12-36-27(19)30-17-20/h4-5,8,11,15-18H,2-3,6-7,9-10,12-14H2,1H3,(H,31,32). The van der Waals surface area contributed by atoms with Crippen LogP contribution in [0.4, 0.5) is 17.2 Å². The van der Waals surface area contributed by atoms with E-state index in [1.54, 1.807) is 13.3 Å². The van der Waals surface area contributed by atoms with Crippen molar-refractivity contribution in [3.05, 3.63) is 54.6 Å². The van der Waals surface area contributed by atoms with Gasteiger partial charge in [-0.3, -0.25) is 0 Å². The van der Waals surface area contributed by atoms with E-state index in [0.717, 1.165) is 90.9 Å². The molecule has 7 rings (SSSR count). The molecule has 10 heteroatoms. The van der Waals surface area contributed by atoms with Gasteiger partial charge in [0.05, 0.1) is 38.3 Å². The van der Waals surface area contributed by atoms with Crippen molar-refractivity contribution < 1.29 is 18.9 Å². The number of rotatable bonds is 5. The Morgan fingerprint density at radius 1 is 1.05 bits per heavy atom. The fourth-order valence-electron chi connectivity index (χ4n) is 5.56. The zero-order valence-electron chi connectivity index (χ0n) is 21.4. The second kappa shape index (κ2) is 9.45. The van der Waals surface area contributed by atoms with Crippen molar-refractivity contribution in [1.82, 2.24) is 19.4 Å². The third kappa shape index (κ3) is 4.19. The highest BCUT2D eigenvalue weighted by Gasteiger charge is 2.40. The molecule has 3 aliphatic rings. The lowest BCUT2D eigenvalue weighted by atomic mass is 10.0. The SMILES string of the molecule is COc1cc(Nc2nc(-c3cnc4c(c3)CCCO4)cn3ccnc23)ccc1N1CCC2(CC1)OCCO2. The van der Waals surface area contributed by atoms with E-state index in [4.69, 9.17) is 23.9 Å². The summed E-state index contributed by atoms with van der Waals surface area (Å²) in [7, 11) is 1.70. The summed E-state index contributed by atoms with van der Waals surface area (Å²) in [5.74, 6) is 1.78. The number of aryl methyl sites for hydroxylation is 1. The van der Waals surface area contributed by atoms with Gasteiger partial charge in [0.25, 0.3) is 0 Å². The lowest BCUT2D eigenvalue weighted by Crippen LogP contribution is -2.45. The third-order valence-electron chi connectivity index (χ3n) is 7.55. The lowest BCUT2D eigenvalue weighted by Gasteiger charge is -2.39. The summed E-state index contributed by atoms with van der Waals surface area (Å²) >= 11 is 0. The normalized spacial score (nSPS) is 18.4. The molecule has 0 radical (unpaired) electrons. The number of methoxy groups -OCH3 is 1. The van der Waals surface area contributed by atoms with Crippen molar-refractivity contribution in [3.63, 3.8) is 0 Å². The first kappa shape index (κ1) is 23.2. The van der Waals surface area contributed by atoms with E-state index in [1.165, 1.54) is 0 Å². The number of piperidine rings is 1. The Balaban J connectivity index is 1.16. The zero-order chi connectivity index (χ0) is 25.5. The summed E-state index contributed by atoms with van der Waals surface area (Å²) in [6.45, 7) is 3.78. The molecule has 1 spiro atoms. The van der Waals surface area contributed by atoms with Crippen LogP contribution >= 0.6 is 0 Å². The van der Waals surface area contributed by atoms with E-state index in [-0.39, 0.29) is 0 Å². The van der Waals surface area contributed by atoms with Crippen LogP contribution in [0.3, 0.4) is 0 Å². The minimum absolute atomic E-state index is 0.405. The number of nitrogens with one attached hydrogen (secondary N) is 1. The summed E-state index contributed by atoms with van der Waals surface area (Å²) in [6, 6.07) is 8.28. The molecule has 1 aromatic carbocycles. The number of aromatic nitrogens is 4. The van der Waals surface area contributed by atoms with Crippen molar-refractivity contribution >= 4 is 22.8 Å². The molecule has 10 nitrogen and oxygen atoms in total. The largest absolute Gasteiger partial charge is 0.495 e. The van der Waals surface area contributed by atoms with Gasteiger partial charge in [0.1, 0.15) is 5.75 Å². The van der Waals surface area contributed by atoms with Crippen molar-refractivity contribution in [1.29, 1.82) is 0 Å². The molecule has 0 bridgehead atoms. The van der Waals surface area contributed by atoms with Crippen LogP contribution in [-0.4, -0.2) is 65.2 Å². The Morgan fingerprint density at radius 2 is 1.92 bits per heavy atom. The Kier molecular flexibility index (Phi) is 5.78. The van der Waals surface area contributed by atoms with Gasteiger partial charge in [0.2, 0.25) is 5.88 Å². The molecular formula is C28H30N6O4. The van der Waals surface area contributed by atoms with Crippen molar-refractivity contribution in [2.75, 3.05) is 50.2 Å². The topological polar surface area (TPSA) is 95.3 Å². The lowest BCUT2D eigenvalue weighted by molar-refractivity contribution is -0.169. The highest BCUT2D eigenvalue weighted by atomic mass is 16.7. The summed E-state index contributed by atoms with van der Waals surface area (Å²) in [5.41, 5.74) is 5.53. The minimum atomic E-state index is -0.405. The van der Waals surface area contributed by atoms with Crippen LogP contribution in [0.25, 0.3) is 16.9 Å². The molecule has 0 aliphatic carbocycles. The Morgan fingerprint density at radius 3 is 2.76 bits per heavy atom. The second-order valence-electron chi connectivity index (χ2n) is 9.88. The van der Waals surface area contributed by atoms with E-state index < -0.39 is 5.79 Å². The maximum atomic E-state index is 5.89. The average Bonchev–Trinajstić information content (AvgIpc) is 3.63. The third-order valence-corrected chi connectivity index (χ3v) is 7.55. The minimum Gasteiger partial charge on any atom is -0.495 e. The number of nitrogens with zero attached hydrogens (tertiary/aromatic N) is 5. The molecule has 2 fully saturated rings. The molecule has 2 saturated heterocycles. The highest BCUT2D eigenvalue weighted by Crippen LogP contribution is 2.38. The fourth-order valence-corrected chi connectivity index (χ4v) is 5.56. The average molecular weight is 515 g/mol. The second-order valence-corrected chi connectivity index (χ2v) is 9.88. The molecule has 3 aliphatic heterocycles. The first-order valence-corrected chi connectivity index (χ1v) is 13.1. The first-order valence-electron chi connectivity index (χ1n) is 13.1. The molecule has 4 aromatic rings. The Labute approximate surface area is 220 Å². The molecular weight excluding hydrogens is 484 g/mol. The van der Waals surface area contributed by atoms with E-state index in [0.29, 0.717) is 19.0 Å².